The van der Waals surface area contributed by atoms with Crippen LogP contribution in [0.3, 0.4) is 0 Å². The van der Waals surface area contributed by atoms with Crippen LogP contribution in [-0.2, 0) is 9.59 Å². The Morgan fingerprint density at radius 3 is 2.67 bits per heavy atom. The number of piperazine rings is 1. The summed E-state index contributed by atoms with van der Waals surface area (Å²) in [5, 5.41) is 2.33. The number of nitrogens with one attached hydrogen (secondary N) is 1. The zero-order valence-corrected chi connectivity index (χ0v) is 10.1. The van der Waals surface area contributed by atoms with Crippen LogP contribution in [0, 0.1) is 0 Å². The van der Waals surface area contributed by atoms with E-state index in [2.05, 4.69) is 5.32 Å². The van der Waals surface area contributed by atoms with Crippen LogP contribution in [0.5, 0.6) is 0 Å². The molecule has 0 aromatic heterocycles. The molecule has 5 N–H and O–H groups in total. The number of anilines is 3. The van der Waals surface area contributed by atoms with Gasteiger partial charge in [-0.25, -0.2) is 0 Å². The lowest BCUT2D eigenvalue weighted by atomic mass is 10.1. The number of benzene rings is 1. The number of nitrogens with two attached hydrogens (primary N) is 2. The Morgan fingerprint density at radius 1 is 1.33 bits per heavy atom. The van der Waals surface area contributed by atoms with Crippen LogP contribution in [0.25, 0.3) is 0 Å². The van der Waals surface area contributed by atoms with Gasteiger partial charge in [-0.3, -0.25) is 14.9 Å². The molecule has 2 amide bonds. The van der Waals surface area contributed by atoms with Crippen molar-refractivity contribution in [3.05, 3.63) is 18.2 Å². The minimum atomic E-state index is -0.356. The maximum atomic E-state index is 11.7. The molecule has 1 unspecified atom stereocenters. The number of nitrogens with zero attached hydrogens (tertiary/aromatic N) is 1. The van der Waals surface area contributed by atoms with Gasteiger partial charge in [0, 0.05) is 5.69 Å². The second kappa shape index (κ2) is 4.56. The minimum absolute atomic E-state index is 0.146. The summed E-state index contributed by atoms with van der Waals surface area (Å²) in [6.45, 7) is 2.04. The minimum Gasteiger partial charge on any atom is -0.397 e. The fourth-order valence-corrected chi connectivity index (χ4v) is 2.08. The van der Waals surface area contributed by atoms with Crippen LogP contribution in [0.1, 0.15) is 13.3 Å². The fraction of sp³-hybridized carbons (Fsp3) is 0.333. The Balaban J connectivity index is 2.36. The average Bonchev–Trinajstić information content (AvgIpc) is 2.32. The van der Waals surface area contributed by atoms with Crippen molar-refractivity contribution < 1.29 is 9.59 Å². The van der Waals surface area contributed by atoms with Gasteiger partial charge in [-0.05, 0) is 24.6 Å². The molecule has 1 aliphatic heterocycles. The number of hydrogen-bond donors (Lipinski definition) is 3. The first kappa shape index (κ1) is 12.2. The normalized spacial score (nSPS) is 19.8. The smallest absolute Gasteiger partial charge is 0.249 e. The predicted octanol–water partition coefficient (Wildman–Crippen LogP) is 0.0924. The highest BCUT2D eigenvalue weighted by Crippen LogP contribution is 2.26. The molecule has 0 spiro atoms. The van der Waals surface area contributed by atoms with Crippen LogP contribution in [0.2, 0.25) is 0 Å². The van der Waals surface area contributed by atoms with Gasteiger partial charge >= 0.3 is 0 Å². The molecule has 1 fully saturated rings. The maximum absolute atomic E-state index is 11.7. The van der Waals surface area contributed by atoms with Crippen molar-refractivity contribution in [1.82, 2.24) is 5.32 Å². The molecule has 6 heteroatoms. The van der Waals surface area contributed by atoms with Crippen LogP contribution < -0.4 is 21.7 Å². The van der Waals surface area contributed by atoms with Crippen LogP contribution >= 0.6 is 0 Å². The van der Waals surface area contributed by atoms with Gasteiger partial charge in [0.25, 0.3) is 0 Å². The number of carbonyl (C=O) groups is 2. The highest BCUT2D eigenvalue weighted by Gasteiger charge is 2.32. The first-order chi connectivity index (χ1) is 8.52. The number of amides is 2. The van der Waals surface area contributed by atoms with E-state index in [1.54, 1.807) is 23.1 Å². The molecule has 0 aliphatic carbocycles. The number of rotatable bonds is 2. The molecule has 1 saturated heterocycles. The molecule has 1 aromatic carbocycles. The van der Waals surface area contributed by atoms with Gasteiger partial charge in [-0.2, -0.15) is 0 Å². The third kappa shape index (κ3) is 2.09. The average molecular weight is 248 g/mol. The summed E-state index contributed by atoms with van der Waals surface area (Å²) < 4.78 is 0. The summed E-state index contributed by atoms with van der Waals surface area (Å²) >= 11 is 0. The van der Waals surface area contributed by atoms with E-state index < -0.39 is 0 Å². The van der Waals surface area contributed by atoms with Gasteiger partial charge in [-0.1, -0.05) is 6.92 Å². The number of nitrogen functional groups attached to an aromatic ring is 2. The van der Waals surface area contributed by atoms with Gasteiger partial charge in [-0.15, -0.1) is 0 Å². The summed E-state index contributed by atoms with van der Waals surface area (Å²) in [6, 6.07) is 4.77. The van der Waals surface area contributed by atoms with E-state index in [4.69, 9.17) is 11.5 Å². The van der Waals surface area contributed by atoms with Crippen molar-refractivity contribution in [2.24, 2.45) is 0 Å². The van der Waals surface area contributed by atoms with Crippen molar-refractivity contribution in [2.75, 3.05) is 22.9 Å². The molecule has 96 valence electrons. The van der Waals surface area contributed by atoms with Gasteiger partial charge < -0.3 is 16.4 Å². The first-order valence-corrected chi connectivity index (χ1v) is 5.78. The molecule has 6 nitrogen and oxygen atoms in total. The Labute approximate surface area is 105 Å². The molecular weight excluding hydrogens is 232 g/mol. The van der Waals surface area contributed by atoms with Crippen molar-refractivity contribution in [2.45, 2.75) is 19.4 Å². The van der Waals surface area contributed by atoms with Crippen molar-refractivity contribution in [3.8, 4) is 0 Å². The quantitative estimate of drug-likeness (QED) is 0.508. The third-order valence-corrected chi connectivity index (χ3v) is 3.04. The third-order valence-electron chi connectivity index (χ3n) is 3.04. The van der Waals surface area contributed by atoms with Crippen LogP contribution in [-0.4, -0.2) is 24.4 Å². The highest BCUT2D eigenvalue weighted by atomic mass is 16.2. The SMILES string of the molecule is CCC1C(=O)NC(=O)CN1c1ccc(N)c(N)c1. The summed E-state index contributed by atoms with van der Waals surface area (Å²) in [6.07, 6.45) is 0.614. The fourth-order valence-electron chi connectivity index (χ4n) is 2.08. The van der Waals surface area contributed by atoms with Crippen molar-refractivity contribution in [3.63, 3.8) is 0 Å². The Kier molecular flexibility index (Phi) is 3.10. The predicted molar refractivity (Wildman–Crippen MR) is 69.8 cm³/mol. The van der Waals surface area contributed by atoms with Gasteiger partial charge in [0.2, 0.25) is 11.8 Å². The second-order valence-corrected chi connectivity index (χ2v) is 4.28. The molecule has 0 saturated carbocycles. The largest absolute Gasteiger partial charge is 0.397 e. The van der Waals surface area contributed by atoms with E-state index in [1.807, 2.05) is 6.92 Å². The number of imide groups is 1. The van der Waals surface area contributed by atoms with E-state index in [9.17, 15) is 9.59 Å². The standard InChI is InChI=1S/C12H16N4O2/c1-2-10-12(18)15-11(17)6-16(10)7-3-4-8(13)9(14)5-7/h3-5,10H,2,6,13-14H2,1H3,(H,15,17,18). The monoisotopic (exact) mass is 248 g/mol. The van der Waals surface area contributed by atoms with Crippen LogP contribution in [0.4, 0.5) is 17.1 Å². The van der Waals surface area contributed by atoms with E-state index in [1.165, 1.54) is 0 Å². The highest BCUT2D eigenvalue weighted by molar-refractivity contribution is 6.04. The molecule has 18 heavy (non-hydrogen) atoms. The zero-order valence-electron chi connectivity index (χ0n) is 10.1. The lowest BCUT2D eigenvalue weighted by molar-refractivity contribution is -0.132. The maximum Gasteiger partial charge on any atom is 0.249 e. The topological polar surface area (TPSA) is 101 Å². The Bertz CT molecular complexity index is 501. The lowest BCUT2D eigenvalue weighted by Gasteiger charge is -2.35. The zero-order chi connectivity index (χ0) is 13.3. The molecule has 1 aliphatic rings. The number of hydrogen-bond acceptors (Lipinski definition) is 5. The number of carbonyl (C=O) groups excluding carboxylic acids is 2. The Morgan fingerprint density at radius 2 is 2.06 bits per heavy atom. The van der Waals surface area contributed by atoms with Crippen LogP contribution in [0.15, 0.2) is 18.2 Å². The van der Waals surface area contributed by atoms with Gasteiger partial charge in [0.05, 0.1) is 17.9 Å². The van der Waals surface area contributed by atoms with E-state index in [0.29, 0.717) is 17.8 Å². The van der Waals surface area contributed by atoms with E-state index >= 15 is 0 Å². The molecule has 0 bridgehead atoms. The lowest BCUT2D eigenvalue weighted by Crippen LogP contribution is -2.58. The second-order valence-electron chi connectivity index (χ2n) is 4.28. The van der Waals surface area contributed by atoms with Crippen molar-refractivity contribution >= 4 is 28.9 Å². The molecule has 2 rings (SSSR count). The summed E-state index contributed by atoms with van der Waals surface area (Å²) in [7, 11) is 0. The molecule has 1 heterocycles. The van der Waals surface area contributed by atoms with Crippen molar-refractivity contribution in [1.29, 1.82) is 0 Å². The Hall–Kier alpha value is -2.24. The summed E-state index contributed by atoms with van der Waals surface area (Å²) in [5.41, 5.74) is 13.1. The first-order valence-electron chi connectivity index (χ1n) is 5.78. The van der Waals surface area contributed by atoms with E-state index in [-0.39, 0.29) is 24.4 Å². The molecule has 1 atom stereocenters. The van der Waals surface area contributed by atoms with Gasteiger partial charge in [0.1, 0.15) is 6.04 Å². The summed E-state index contributed by atoms with van der Waals surface area (Å²) in [5.74, 6) is -0.579. The molecule has 0 radical (unpaired) electrons. The summed E-state index contributed by atoms with van der Waals surface area (Å²) in [4.78, 5) is 24.9. The molecular formula is C12H16N4O2. The van der Waals surface area contributed by atoms with E-state index in [0.717, 1.165) is 5.69 Å². The molecule has 1 aromatic rings. The van der Waals surface area contributed by atoms with Gasteiger partial charge in [0.15, 0.2) is 0 Å².